The number of ether oxygens (including phenoxy) is 2. The first-order chi connectivity index (χ1) is 32.1. The molecular formula is C58H39N2O3S2+. The van der Waals surface area contributed by atoms with Gasteiger partial charge in [-0.1, -0.05) is 103 Å². The van der Waals surface area contributed by atoms with Gasteiger partial charge >= 0.3 is 5.97 Å². The van der Waals surface area contributed by atoms with E-state index in [9.17, 15) is 4.79 Å². The minimum atomic E-state index is -0.352. The van der Waals surface area contributed by atoms with E-state index in [1.54, 1.807) is 23.1 Å². The molecule has 4 aliphatic rings. The summed E-state index contributed by atoms with van der Waals surface area (Å²) in [6.07, 6.45) is 13.2. The average molecular weight is 876 g/mol. The van der Waals surface area contributed by atoms with E-state index in [1.165, 1.54) is 22.3 Å². The number of rotatable bonds is 5. The second-order valence-corrected chi connectivity index (χ2v) is 18.1. The number of carbonyl (C=O) groups is 1. The third-order valence-electron chi connectivity index (χ3n) is 12.2. The highest BCUT2D eigenvalue weighted by Crippen LogP contribution is 2.48. The maximum absolute atomic E-state index is 13.5. The highest BCUT2D eigenvalue weighted by molar-refractivity contribution is 8.22. The Morgan fingerprint density at radius 2 is 1.25 bits per heavy atom. The Labute approximate surface area is 385 Å². The molecule has 0 saturated carbocycles. The van der Waals surface area contributed by atoms with Gasteiger partial charge in [-0.15, -0.1) is 15.9 Å². The number of thioether (sulfide) groups is 1. The van der Waals surface area contributed by atoms with E-state index in [0.29, 0.717) is 5.56 Å². The maximum atomic E-state index is 13.5. The Hall–Kier alpha value is -7.71. The lowest BCUT2D eigenvalue weighted by atomic mass is 9.89. The van der Waals surface area contributed by atoms with Crippen molar-refractivity contribution in [1.82, 2.24) is 4.58 Å². The van der Waals surface area contributed by atoms with Gasteiger partial charge in [-0.2, -0.15) is 0 Å². The highest BCUT2D eigenvalue weighted by atomic mass is 32.2. The Morgan fingerprint density at radius 3 is 1.97 bits per heavy atom. The fourth-order valence-electron chi connectivity index (χ4n) is 9.20. The lowest BCUT2D eigenvalue weighted by Gasteiger charge is -2.25. The van der Waals surface area contributed by atoms with Crippen molar-refractivity contribution in [3.05, 3.63) is 231 Å². The fraction of sp³-hybridized carbons (Fsp3) is 0.0345. The van der Waals surface area contributed by atoms with Crippen LogP contribution in [0.4, 0.5) is 27.8 Å². The van der Waals surface area contributed by atoms with E-state index in [1.807, 2.05) is 31.2 Å². The van der Waals surface area contributed by atoms with Crippen LogP contribution >= 0.6 is 23.1 Å². The Kier molecular flexibility index (Phi) is 9.66. The summed E-state index contributed by atoms with van der Waals surface area (Å²) in [5.74, 6) is 1.10. The van der Waals surface area contributed by atoms with Crippen molar-refractivity contribution in [2.45, 2.75) is 6.92 Å². The van der Waals surface area contributed by atoms with Crippen LogP contribution in [0.5, 0.6) is 11.5 Å². The Bertz CT molecular complexity index is 3450. The zero-order valence-corrected chi connectivity index (χ0v) is 36.9. The summed E-state index contributed by atoms with van der Waals surface area (Å²) < 4.78 is 15.0. The number of thiophene rings is 1. The molecule has 0 unspecified atom stereocenters. The molecule has 12 rings (SSSR count). The van der Waals surface area contributed by atoms with Crippen molar-refractivity contribution in [2.75, 3.05) is 11.5 Å². The molecule has 65 heavy (non-hydrogen) atoms. The first kappa shape index (κ1) is 38.9. The average Bonchev–Trinajstić information content (AvgIpc) is 3.97. The third-order valence-corrected chi connectivity index (χ3v) is 14.4. The van der Waals surface area contributed by atoms with Gasteiger partial charge < -0.3 is 14.4 Å². The molecule has 4 aliphatic heterocycles. The van der Waals surface area contributed by atoms with Gasteiger partial charge in [-0.05, 0) is 131 Å². The van der Waals surface area contributed by atoms with Crippen LogP contribution < -0.4 is 24.6 Å². The quantitative estimate of drug-likeness (QED) is 0.127. The number of carbonyl (C=O) groups excluding carboxylic acids is 1. The van der Waals surface area contributed by atoms with Crippen LogP contribution in [0.3, 0.4) is 0 Å². The molecule has 0 atom stereocenters. The number of para-hydroxylation sites is 4. The molecule has 0 amide bonds. The maximum Gasteiger partial charge on any atom is 0.338 e. The lowest BCUT2D eigenvalue weighted by molar-refractivity contribution is 0.0526. The lowest BCUT2D eigenvalue weighted by Crippen LogP contribution is -2.21. The second kappa shape index (κ2) is 16.1. The molecule has 0 spiro atoms. The van der Waals surface area contributed by atoms with Gasteiger partial charge in [0.15, 0.2) is 0 Å². The van der Waals surface area contributed by atoms with Crippen LogP contribution in [0.2, 0.25) is 0 Å². The van der Waals surface area contributed by atoms with Gasteiger partial charge in [-0.25, -0.2) is 4.79 Å². The zero-order chi connectivity index (χ0) is 43.4. The van der Waals surface area contributed by atoms with E-state index < -0.39 is 0 Å². The van der Waals surface area contributed by atoms with E-state index in [-0.39, 0.29) is 12.6 Å². The molecule has 5 nitrogen and oxygen atoms in total. The van der Waals surface area contributed by atoms with E-state index >= 15 is 0 Å². The standard InChI is InChI=1S/C58H39N2O3S2/c1-2-62-58(61)44-18-8-7-17-43(44)57-45-29-27-41(53-31-33-55(64-53)59-47-19-9-3-13-37(47)23-24-38-14-4-10-20-48(38)59)35-51(45)63-52-36-42(28-30-46(52)57)54-32-34-56(65-54)60-49-21-11-5-15-39(49)25-26-40-16-6-12-22-50(40)60/h3-36H,2H2,1H3/q+1. The largest absolute Gasteiger partial charge is 0.462 e. The van der Waals surface area contributed by atoms with E-state index in [0.717, 1.165) is 86.8 Å². The number of nitrogens with zero attached hydrogens (tertiary/aromatic N) is 2. The second-order valence-electron chi connectivity index (χ2n) is 16.0. The number of benzene rings is 7. The smallest absolute Gasteiger partial charge is 0.338 e. The number of hydrogen-bond donors (Lipinski definition) is 0. The summed E-state index contributed by atoms with van der Waals surface area (Å²) in [5.41, 5.74) is 13.4. The van der Waals surface area contributed by atoms with Crippen LogP contribution in [-0.2, 0) is 4.74 Å². The van der Waals surface area contributed by atoms with Gasteiger partial charge in [0.25, 0.3) is 5.04 Å². The summed E-state index contributed by atoms with van der Waals surface area (Å²) >= 11 is 3.50. The van der Waals surface area contributed by atoms with E-state index in [4.69, 9.17) is 9.47 Å². The summed E-state index contributed by atoms with van der Waals surface area (Å²) in [4.78, 5) is 18.1. The Morgan fingerprint density at radius 1 is 0.600 bits per heavy atom. The predicted molar refractivity (Wildman–Crippen MR) is 272 cm³/mol. The van der Waals surface area contributed by atoms with Gasteiger partial charge in [0, 0.05) is 55.5 Å². The molecule has 0 saturated heterocycles. The normalized spacial score (nSPS) is 14.9. The van der Waals surface area contributed by atoms with Gasteiger partial charge in [0.2, 0.25) is 11.4 Å². The van der Waals surface area contributed by atoms with Crippen LogP contribution in [0.1, 0.15) is 50.7 Å². The van der Waals surface area contributed by atoms with Gasteiger partial charge in [0.05, 0.1) is 23.5 Å². The molecule has 5 heterocycles. The molecule has 8 aromatic rings. The number of hydrogen-bond acceptors (Lipinski definition) is 6. The molecule has 0 radical (unpaired) electrons. The first-order valence-corrected chi connectivity index (χ1v) is 23.4. The number of anilines is 3. The summed E-state index contributed by atoms with van der Waals surface area (Å²) in [7, 11) is 0. The molecule has 0 N–H and O–H groups in total. The third kappa shape index (κ3) is 6.79. The van der Waals surface area contributed by atoms with Crippen molar-refractivity contribution in [3.63, 3.8) is 0 Å². The van der Waals surface area contributed by atoms with Crippen molar-refractivity contribution < 1.29 is 14.3 Å². The first-order valence-electron chi connectivity index (χ1n) is 21.7. The summed E-state index contributed by atoms with van der Waals surface area (Å²) in [6, 6.07) is 59.2. The van der Waals surface area contributed by atoms with Crippen LogP contribution in [0.25, 0.3) is 45.2 Å². The number of fused-ring (bicyclic) bond motifs is 6. The molecular weight excluding hydrogens is 837 g/mol. The monoisotopic (exact) mass is 875 g/mol. The SMILES string of the molecule is CCOC(=O)c1ccccc1C1=c2cc/c(=C3/C=CC(=[N+]4c5ccccc5C=Cc5ccccc54)S3)cc2Oc2cc(-c3ccc(N4c5ccccc5C=Cc5ccccc54)s3)ccc21. The summed E-state index contributed by atoms with van der Waals surface area (Å²) in [5, 5.41) is 4.19. The van der Waals surface area contributed by atoms with Gasteiger partial charge in [0.1, 0.15) is 16.5 Å². The van der Waals surface area contributed by atoms with Crippen LogP contribution in [0.15, 0.2) is 182 Å². The van der Waals surface area contributed by atoms with Gasteiger partial charge in [-0.3, -0.25) is 0 Å². The summed E-state index contributed by atoms with van der Waals surface area (Å²) in [6.45, 7) is 2.12. The fourth-order valence-corrected chi connectivity index (χ4v) is 11.3. The van der Waals surface area contributed by atoms with Crippen molar-refractivity contribution >= 4 is 96.6 Å². The molecule has 0 aliphatic carbocycles. The van der Waals surface area contributed by atoms with Crippen molar-refractivity contribution in [2.24, 2.45) is 0 Å². The van der Waals surface area contributed by atoms with Crippen LogP contribution in [-0.4, -0.2) is 17.6 Å². The Balaban J connectivity index is 0.983. The van der Waals surface area contributed by atoms with E-state index in [2.05, 4.69) is 192 Å². The molecule has 1 aromatic heterocycles. The topological polar surface area (TPSA) is 41.8 Å². The molecule has 310 valence electrons. The zero-order valence-electron chi connectivity index (χ0n) is 35.3. The highest BCUT2D eigenvalue weighted by Gasteiger charge is 2.30. The molecule has 7 aromatic carbocycles. The minimum Gasteiger partial charge on any atom is -0.462 e. The van der Waals surface area contributed by atoms with Crippen LogP contribution in [0, 0.1) is 0 Å². The number of esters is 1. The molecule has 0 fully saturated rings. The van der Waals surface area contributed by atoms with Crippen molar-refractivity contribution in [1.29, 1.82) is 0 Å². The predicted octanol–water partition coefficient (Wildman–Crippen LogP) is 13.7. The molecule has 7 heteroatoms. The minimum absolute atomic E-state index is 0.285. The van der Waals surface area contributed by atoms with Crippen molar-refractivity contribution in [3.8, 4) is 21.9 Å². The molecule has 0 bridgehead atoms.